The molecule has 0 saturated carbocycles. The topological polar surface area (TPSA) is 76.3 Å². The standard InChI is InChI=1S/C15H19N3O3S2/c1-22-13-7-5-11(6-8-13)14-16-15(21-17-14)12-4-3-9-18(10-12)23(2,19)20/h5-8,12H,3-4,9-10H2,1-2H3. The highest BCUT2D eigenvalue weighted by molar-refractivity contribution is 7.98. The van der Waals surface area contributed by atoms with E-state index >= 15 is 0 Å². The van der Waals surface area contributed by atoms with E-state index in [-0.39, 0.29) is 5.92 Å². The molecule has 124 valence electrons. The normalized spacial score (nSPS) is 19.8. The number of hydrogen-bond donors (Lipinski definition) is 0. The Hall–Kier alpha value is -1.38. The number of nitrogens with zero attached hydrogens (tertiary/aromatic N) is 3. The number of hydrogen-bond acceptors (Lipinski definition) is 6. The quantitative estimate of drug-likeness (QED) is 0.787. The molecule has 0 aliphatic carbocycles. The first-order valence-electron chi connectivity index (χ1n) is 7.40. The van der Waals surface area contributed by atoms with Gasteiger partial charge in [0.25, 0.3) is 0 Å². The van der Waals surface area contributed by atoms with Gasteiger partial charge in [-0.3, -0.25) is 0 Å². The van der Waals surface area contributed by atoms with Crippen LogP contribution in [0.2, 0.25) is 0 Å². The predicted molar refractivity (Wildman–Crippen MR) is 89.9 cm³/mol. The minimum atomic E-state index is -3.18. The van der Waals surface area contributed by atoms with Crippen molar-refractivity contribution in [2.24, 2.45) is 0 Å². The number of piperidine rings is 1. The summed E-state index contributed by atoms with van der Waals surface area (Å²) >= 11 is 1.68. The first-order valence-corrected chi connectivity index (χ1v) is 10.5. The summed E-state index contributed by atoms with van der Waals surface area (Å²) in [6.07, 6.45) is 4.93. The van der Waals surface area contributed by atoms with Gasteiger partial charge >= 0.3 is 0 Å². The second kappa shape index (κ2) is 6.62. The van der Waals surface area contributed by atoms with Gasteiger partial charge < -0.3 is 4.52 Å². The SMILES string of the molecule is CSc1ccc(-c2noc(C3CCCN(S(C)(=O)=O)C3)n2)cc1. The van der Waals surface area contributed by atoms with Crippen molar-refractivity contribution in [1.82, 2.24) is 14.4 Å². The summed E-state index contributed by atoms with van der Waals surface area (Å²) in [6.45, 7) is 0.971. The van der Waals surface area contributed by atoms with E-state index in [0.29, 0.717) is 24.8 Å². The summed E-state index contributed by atoms with van der Waals surface area (Å²) in [4.78, 5) is 5.64. The summed E-state index contributed by atoms with van der Waals surface area (Å²) < 4.78 is 30.3. The van der Waals surface area contributed by atoms with E-state index in [4.69, 9.17) is 4.52 Å². The van der Waals surface area contributed by atoms with Crippen LogP contribution in [0.1, 0.15) is 24.7 Å². The molecular formula is C15H19N3O3S2. The van der Waals surface area contributed by atoms with Gasteiger partial charge in [-0.15, -0.1) is 11.8 Å². The molecule has 1 aromatic heterocycles. The monoisotopic (exact) mass is 353 g/mol. The molecule has 1 fully saturated rings. The second-order valence-corrected chi connectivity index (χ2v) is 8.51. The predicted octanol–water partition coefficient (Wildman–Crippen LogP) is 2.60. The summed E-state index contributed by atoms with van der Waals surface area (Å²) in [7, 11) is -3.18. The number of benzene rings is 1. The van der Waals surface area contributed by atoms with Crippen LogP contribution in [0.3, 0.4) is 0 Å². The molecule has 0 spiro atoms. The van der Waals surface area contributed by atoms with Crippen LogP contribution in [-0.2, 0) is 10.0 Å². The van der Waals surface area contributed by atoms with Gasteiger partial charge in [0.2, 0.25) is 21.7 Å². The molecule has 1 unspecified atom stereocenters. The van der Waals surface area contributed by atoms with E-state index in [2.05, 4.69) is 10.1 Å². The Balaban J connectivity index is 1.78. The third-order valence-corrected chi connectivity index (χ3v) is 6.01. The Kier molecular flexibility index (Phi) is 4.74. The van der Waals surface area contributed by atoms with Gasteiger partial charge in [0, 0.05) is 23.5 Å². The molecule has 0 bridgehead atoms. The molecule has 1 saturated heterocycles. The highest BCUT2D eigenvalue weighted by Crippen LogP contribution is 2.29. The second-order valence-electron chi connectivity index (χ2n) is 5.64. The molecule has 8 heteroatoms. The smallest absolute Gasteiger partial charge is 0.231 e. The van der Waals surface area contributed by atoms with Crippen LogP contribution in [0.4, 0.5) is 0 Å². The number of rotatable bonds is 4. The van der Waals surface area contributed by atoms with E-state index in [1.807, 2.05) is 30.5 Å². The fourth-order valence-corrected chi connectivity index (χ4v) is 4.02. The van der Waals surface area contributed by atoms with Crippen molar-refractivity contribution in [3.63, 3.8) is 0 Å². The van der Waals surface area contributed by atoms with Crippen LogP contribution in [0.15, 0.2) is 33.7 Å². The summed E-state index contributed by atoms with van der Waals surface area (Å²) in [6, 6.07) is 7.96. The van der Waals surface area contributed by atoms with Crippen molar-refractivity contribution in [2.45, 2.75) is 23.7 Å². The molecule has 0 radical (unpaired) electrons. The van der Waals surface area contributed by atoms with Crippen molar-refractivity contribution in [2.75, 3.05) is 25.6 Å². The number of sulfonamides is 1. The molecule has 1 aliphatic heterocycles. The van der Waals surface area contributed by atoms with Crippen molar-refractivity contribution in [3.8, 4) is 11.4 Å². The van der Waals surface area contributed by atoms with Crippen molar-refractivity contribution >= 4 is 21.8 Å². The van der Waals surface area contributed by atoms with Crippen LogP contribution in [-0.4, -0.2) is 48.5 Å². The van der Waals surface area contributed by atoms with E-state index in [1.54, 1.807) is 11.8 Å². The summed E-state index contributed by atoms with van der Waals surface area (Å²) in [5, 5.41) is 4.04. The average molecular weight is 353 g/mol. The maximum atomic E-state index is 11.7. The number of aromatic nitrogens is 2. The Bertz CT molecular complexity index is 772. The maximum absolute atomic E-state index is 11.7. The van der Waals surface area contributed by atoms with Gasteiger partial charge in [0.05, 0.1) is 12.2 Å². The van der Waals surface area contributed by atoms with Gasteiger partial charge in [-0.1, -0.05) is 5.16 Å². The molecule has 2 heterocycles. The largest absolute Gasteiger partial charge is 0.339 e. The Morgan fingerprint density at radius 2 is 2.04 bits per heavy atom. The Morgan fingerprint density at radius 1 is 1.30 bits per heavy atom. The molecular weight excluding hydrogens is 334 g/mol. The van der Waals surface area contributed by atoms with Crippen LogP contribution >= 0.6 is 11.8 Å². The average Bonchev–Trinajstić information content (AvgIpc) is 3.04. The third-order valence-electron chi connectivity index (χ3n) is 3.99. The fraction of sp³-hybridized carbons (Fsp3) is 0.467. The maximum Gasteiger partial charge on any atom is 0.231 e. The molecule has 0 N–H and O–H groups in total. The lowest BCUT2D eigenvalue weighted by Gasteiger charge is -2.28. The molecule has 6 nitrogen and oxygen atoms in total. The summed E-state index contributed by atoms with van der Waals surface area (Å²) in [5.74, 6) is 1.02. The van der Waals surface area contributed by atoms with E-state index in [9.17, 15) is 8.42 Å². The fourth-order valence-electron chi connectivity index (χ4n) is 2.70. The first-order chi connectivity index (χ1) is 11.0. The minimum Gasteiger partial charge on any atom is -0.339 e. The molecule has 1 aliphatic rings. The zero-order chi connectivity index (χ0) is 16.4. The van der Waals surface area contributed by atoms with Crippen molar-refractivity contribution < 1.29 is 12.9 Å². The first kappa shape index (κ1) is 16.5. The van der Waals surface area contributed by atoms with Crippen LogP contribution in [0.25, 0.3) is 11.4 Å². The lowest BCUT2D eigenvalue weighted by molar-refractivity contribution is 0.266. The Labute approximate surface area is 140 Å². The van der Waals surface area contributed by atoms with Crippen LogP contribution < -0.4 is 0 Å². The highest BCUT2D eigenvalue weighted by Gasteiger charge is 2.30. The summed E-state index contributed by atoms with van der Waals surface area (Å²) in [5.41, 5.74) is 0.897. The van der Waals surface area contributed by atoms with Gasteiger partial charge in [-0.05, 0) is 43.4 Å². The van der Waals surface area contributed by atoms with Gasteiger partial charge in [0.15, 0.2) is 0 Å². The molecule has 2 aromatic rings. The third kappa shape index (κ3) is 3.76. The van der Waals surface area contributed by atoms with Gasteiger partial charge in [-0.2, -0.15) is 4.98 Å². The van der Waals surface area contributed by atoms with E-state index in [1.165, 1.54) is 15.5 Å². The molecule has 23 heavy (non-hydrogen) atoms. The van der Waals surface area contributed by atoms with Crippen LogP contribution in [0, 0.1) is 0 Å². The van der Waals surface area contributed by atoms with Crippen molar-refractivity contribution in [1.29, 1.82) is 0 Å². The molecule has 0 amide bonds. The highest BCUT2D eigenvalue weighted by atomic mass is 32.2. The van der Waals surface area contributed by atoms with Gasteiger partial charge in [-0.25, -0.2) is 12.7 Å². The number of thioether (sulfide) groups is 1. The minimum absolute atomic E-state index is 0.0369. The van der Waals surface area contributed by atoms with E-state index in [0.717, 1.165) is 18.4 Å². The van der Waals surface area contributed by atoms with Crippen LogP contribution in [0.5, 0.6) is 0 Å². The van der Waals surface area contributed by atoms with E-state index < -0.39 is 10.0 Å². The van der Waals surface area contributed by atoms with Crippen molar-refractivity contribution in [3.05, 3.63) is 30.2 Å². The Morgan fingerprint density at radius 3 is 2.70 bits per heavy atom. The zero-order valence-electron chi connectivity index (χ0n) is 13.1. The lowest BCUT2D eigenvalue weighted by atomic mass is 10.00. The molecule has 1 atom stereocenters. The van der Waals surface area contributed by atoms with Gasteiger partial charge in [0.1, 0.15) is 0 Å². The molecule has 3 rings (SSSR count). The lowest BCUT2D eigenvalue weighted by Crippen LogP contribution is -2.38. The molecule has 1 aromatic carbocycles. The zero-order valence-corrected chi connectivity index (χ0v) is 14.7.